The van der Waals surface area contributed by atoms with Crippen LogP contribution in [0.4, 0.5) is 0 Å². The lowest BCUT2D eigenvalue weighted by Crippen LogP contribution is -2.37. The number of amides is 1. The second kappa shape index (κ2) is 5.19. The van der Waals surface area contributed by atoms with E-state index in [1.807, 2.05) is 4.90 Å². The minimum absolute atomic E-state index is 0.0765. The van der Waals surface area contributed by atoms with Crippen LogP contribution in [-0.2, 0) is 10.2 Å². The van der Waals surface area contributed by atoms with Crippen LogP contribution in [-0.4, -0.2) is 54.1 Å². The summed E-state index contributed by atoms with van der Waals surface area (Å²) in [5.74, 6) is 2.27. The van der Waals surface area contributed by atoms with E-state index in [0.717, 1.165) is 0 Å². The van der Waals surface area contributed by atoms with Crippen LogP contribution in [0, 0.1) is 12.8 Å². The molecule has 0 radical (unpaired) electrons. The van der Waals surface area contributed by atoms with Gasteiger partial charge in [-0.2, -0.15) is 0 Å². The normalized spacial score (nSPS) is 26.9. The van der Waals surface area contributed by atoms with Crippen LogP contribution in [0.3, 0.4) is 0 Å². The van der Waals surface area contributed by atoms with Gasteiger partial charge in [-0.05, 0) is 12.1 Å². The SMILES string of the molecule is Cc1nnc([C@@]23COC[C@@H]2CN(C(=O)c2cccc4c2OCO4)C3)o1. The third kappa shape index (κ3) is 2.07. The maximum absolute atomic E-state index is 13.1. The van der Waals surface area contributed by atoms with E-state index < -0.39 is 5.41 Å². The molecule has 2 atom stereocenters. The molecule has 1 aromatic carbocycles. The predicted molar refractivity (Wildman–Crippen MR) is 83.5 cm³/mol. The smallest absolute Gasteiger partial charge is 0.257 e. The zero-order chi connectivity index (χ0) is 17.0. The molecule has 3 aliphatic rings. The summed E-state index contributed by atoms with van der Waals surface area (Å²) in [5.41, 5.74) is 0.0967. The average Bonchev–Trinajstić information content (AvgIpc) is 3.35. The van der Waals surface area contributed by atoms with Crippen molar-refractivity contribution >= 4 is 5.91 Å². The molecule has 0 aliphatic carbocycles. The van der Waals surface area contributed by atoms with Crippen LogP contribution >= 0.6 is 0 Å². The van der Waals surface area contributed by atoms with Crippen molar-refractivity contribution in [2.45, 2.75) is 12.3 Å². The maximum atomic E-state index is 13.1. The first-order valence-corrected chi connectivity index (χ1v) is 8.23. The number of aromatic nitrogens is 2. The van der Waals surface area contributed by atoms with Crippen LogP contribution in [0.15, 0.2) is 22.6 Å². The van der Waals surface area contributed by atoms with Crippen LogP contribution in [0.2, 0.25) is 0 Å². The van der Waals surface area contributed by atoms with E-state index in [1.165, 1.54) is 0 Å². The molecule has 1 aromatic heterocycles. The van der Waals surface area contributed by atoms with Crippen LogP contribution in [0.1, 0.15) is 22.1 Å². The standard InChI is InChI=1S/C17H17N3O5/c1-10-18-19-16(25-10)17-7-20(5-11(17)6-22-8-17)15(21)12-3-2-4-13-14(12)24-9-23-13/h2-4,11H,5-9H2,1H3/t11-,17-/m0/s1. The molecular formula is C17H17N3O5. The van der Waals surface area contributed by atoms with Gasteiger partial charge in [-0.1, -0.05) is 6.07 Å². The van der Waals surface area contributed by atoms with E-state index >= 15 is 0 Å². The van der Waals surface area contributed by atoms with Gasteiger partial charge in [0, 0.05) is 25.9 Å². The number of aryl methyl sites for hydroxylation is 1. The van der Waals surface area contributed by atoms with Gasteiger partial charge in [-0.15, -0.1) is 10.2 Å². The summed E-state index contributed by atoms with van der Waals surface area (Å²) < 4.78 is 22.2. The summed E-state index contributed by atoms with van der Waals surface area (Å²) >= 11 is 0. The number of hydrogen-bond donors (Lipinski definition) is 0. The lowest BCUT2D eigenvalue weighted by molar-refractivity contribution is 0.0733. The molecule has 0 unspecified atom stereocenters. The molecule has 4 heterocycles. The molecular weight excluding hydrogens is 326 g/mol. The summed E-state index contributed by atoms with van der Waals surface area (Å²) in [6.45, 7) is 4.04. The van der Waals surface area contributed by atoms with Crippen molar-refractivity contribution in [2.24, 2.45) is 5.92 Å². The fraction of sp³-hybridized carbons (Fsp3) is 0.471. The Hall–Kier alpha value is -2.61. The van der Waals surface area contributed by atoms with E-state index in [9.17, 15) is 4.79 Å². The number of fused-ring (bicyclic) bond motifs is 2. The quantitative estimate of drug-likeness (QED) is 0.808. The Labute approximate surface area is 143 Å². The third-order valence-electron chi connectivity index (χ3n) is 5.24. The first-order valence-electron chi connectivity index (χ1n) is 8.23. The minimum atomic E-state index is -0.424. The van der Waals surface area contributed by atoms with Gasteiger partial charge >= 0.3 is 0 Å². The number of carbonyl (C=O) groups excluding carboxylic acids is 1. The van der Waals surface area contributed by atoms with Crippen LogP contribution < -0.4 is 9.47 Å². The van der Waals surface area contributed by atoms with Gasteiger partial charge in [0.05, 0.1) is 24.2 Å². The molecule has 3 aliphatic heterocycles. The maximum Gasteiger partial charge on any atom is 0.257 e. The molecule has 2 aromatic rings. The molecule has 5 rings (SSSR count). The third-order valence-corrected chi connectivity index (χ3v) is 5.24. The fourth-order valence-corrected chi connectivity index (χ4v) is 3.96. The Morgan fingerprint density at radius 1 is 1.32 bits per heavy atom. The molecule has 8 heteroatoms. The van der Waals surface area contributed by atoms with Crippen molar-refractivity contribution in [3.05, 3.63) is 35.5 Å². The number of para-hydroxylation sites is 1. The van der Waals surface area contributed by atoms with E-state index in [2.05, 4.69) is 10.2 Å². The summed E-state index contributed by atoms with van der Waals surface area (Å²) in [7, 11) is 0. The van der Waals surface area contributed by atoms with Gasteiger partial charge in [-0.25, -0.2) is 0 Å². The molecule has 0 N–H and O–H groups in total. The molecule has 2 fully saturated rings. The number of carbonyl (C=O) groups is 1. The predicted octanol–water partition coefficient (Wildman–Crippen LogP) is 1.15. The molecule has 1 amide bonds. The van der Waals surface area contributed by atoms with Crippen LogP contribution in [0.5, 0.6) is 11.5 Å². The number of nitrogens with zero attached hydrogens (tertiary/aromatic N) is 3. The molecule has 0 spiro atoms. The van der Waals surface area contributed by atoms with Crippen molar-refractivity contribution in [3.63, 3.8) is 0 Å². The van der Waals surface area contributed by atoms with Crippen molar-refractivity contribution in [3.8, 4) is 11.5 Å². The molecule has 0 saturated carbocycles. The number of benzene rings is 1. The highest BCUT2D eigenvalue weighted by atomic mass is 16.7. The number of rotatable bonds is 2. The van der Waals surface area contributed by atoms with Gasteiger partial charge in [0.25, 0.3) is 5.91 Å². The minimum Gasteiger partial charge on any atom is -0.454 e. The van der Waals surface area contributed by atoms with Gasteiger partial charge in [0.1, 0.15) is 0 Å². The lowest BCUT2D eigenvalue weighted by atomic mass is 9.81. The monoisotopic (exact) mass is 343 g/mol. The Bertz CT molecular complexity index is 851. The second-order valence-corrected chi connectivity index (χ2v) is 6.72. The van der Waals surface area contributed by atoms with E-state index in [0.29, 0.717) is 55.1 Å². The van der Waals surface area contributed by atoms with Crippen molar-refractivity contribution in [1.29, 1.82) is 0 Å². The fourth-order valence-electron chi connectivity index (χ4n) is 3.96. The van der Waals surface area contributed by atoms with Crippen molar-refractivity contribution in [1.82, 2.24) is 15.1 Å². The van der Waals surface area contributed by atoms with E-state index in [-0.39, 0.29) is 18.6 Å². The molecule has 0 bridgehead atoms. The first-order chi connectivity index (χ1) is 12.2. The average molecular weight is 343 g/mol. The zero-order valence-corrected chi connectivity index (χ0v) is 13.7. The van der Waals surface area contributed by atoms with Crippen molar-refractivity contribution < 1.29 is 23.4 Å². The van der Waals surface area contributed by atoms with Crippen molar-refractivity contribution in [2.75, 3.05) is 33.1 Å². The number of likely N-dealkylation sites (tertiary alicyclic amines) is 1. The van der Waals surface area contributed by atoms with E-state index in [1.54, 1.807) is 25.1 Å². The molecule has 25 heavy (non-hydrogen) atoms. The van der Waals surface area contributed by atoms with Gasteiger partial charge in [-0.3, -0.25) is 4.79 Å². The topological polar surface area (TPSA) is 86.9 Å². The summed E-state index contributed by atoms with van der Waals surface area (Å²) in [4.78, 5) is 14.9. The summed E-state index contributed by atoms with van der Waals surface area (Å²) in [6.07, 6.45) is 0. The lowest BCUT2D eigenvalue weighted by Gasteiger charge is -2.23. The summed E-state index contributed by atoms with van der Waals surface area (Å²) in [6, 6.07) is 5.37. The number of hydrogen-bond acceptors (Lipinski definition) is 7. The first kappa shape index (κ1) is 14.7. The second-order valence-electron chi connectivity index (χ2n) is 6.72. The summed E-state index contributed by atoms with van der Waals surface area (Å²) in [5, 5.41) is 8.16. The Morgan fingerprint density at radius 3 is 3.08 bits per heavy atom. The Morgan fingerprint density at radius 2 is 2.24 bits per heavy atom. The number of ether oxygens (including phenoxy) is 3. The highest BCUT2D eigenvalue weighted by Crippen LogP contribution is 2.44. The highest BCUT2D eigenvalue weighted by molar-refractivity contribution is 5.98. The Kier molecular flexibility index (Phi) is 3.05. The van der Waals surface area contributed by atoms with Gasteiger partial charge < -0.3 is 23.5 Å². The Balaban J connectivity index is 1.47. The molecule has 130 valence electrons. The van der Waals surface area contributed by atoms with Crippen LogP contribution in [0.25, 0.3) is 0 Å². The van der Waals surface area contributed by atoms with E-state index in [4.69, 9.17) is 18.6 Å². The highest BCUT2D eigenvalue weighted by Gasteiger charge is 2.56. The largest absolute Gasteiger partial charge is 0.454 e. The molecule has 2 saturated heterocycles. The zero-order valence-electron chi connectivity index (χ0n) is 13.7. The van der Waals surface area contributed by atoms with Gasteiger partial charge in [0.2, 0.25) is 18.6 Å². The molecule has 8 nitrogen and oxygen atoms in total. The van der Waals surface area contributed by atoms with Gasteiger partial charge in [0.15, 0.2) is 11.5 Å².